The molecular weight excluding hydrogens is 280 g/mol. The van der Waals surface area contributed by atoms with E-state index in [1.165, 1.54) is 0 Å². The van der Waals surface area contributed by atoms with Crippen LogP contribution in [0.5, 0.6) is 0 Å². The molecule has 90 valence electrons. The summed E-state index contributed by atoms with van der Waals surface area (Å²) in [6.45, 7) is 4.12. The maximum Gasteiger partial charge on any atom is 0.154 e. The maximum atomic E-state index is 6.02. The molecule has 0 aliphatic carbocycles. The van der Waals surface area contributed by atoms with E-state index in [0.29, 0.717) is 5.92 Å². The van der Waals surface area contributed by atoms with Crippen molar-refractivity contribution >= 4 is 15.9 Å². The average molecular weight is 295 g/mol. The van der Waals surface area contributed by atoms with E-state index >= 15 is 0 Å². The lowest BCUT2D eigenvalue weighted by atomic mass is 10.0. The molecule has 1 aromatic heterocycles. The molecule has 0 bridgehead atoms. The molecule has 1 atom stereocenters. The van der Waals surface area contributed by atoms with Crippen LogP contribution < -0.4 is 5.73 Å². The summed E-state index contributed by atoms with van der Waals surface area (Å²) in [4.78, 5) is 0. The molecule has 0 radical (unpaired) electrons. The summed E-state index contributed by atoms with van der Waals surface area (Å²) < 4.78 is 6.31. The van der Waals surface area contributed by atoms with Crippen molar-refractivity contribution in [2.45, 2.75) is 19.9 Å². The lowest BCUT2D eigenvalue weighted by Crippen LogP contribution is -2.15. The third kappa shape index (κ3) is 2.76. The standard InChI is InChI=1S/C13H15BrN2O/c1-8(2)13(15)12-7-11(16-17-12)9-4-3-5-10(14)6-9/h3-8,13H,15H2,1-2H3. The zero-order chi connectivity index (χ0) is 12.4. The van der Waals surface area contributed by atoms with Gasteiger partial charge < -0.3 is 10.3 Å². The van der Waals surface area contributed by atoms with E-state index in [0.717, 1.165) is 21.5 Å². The quantitative estimate of drug-likeness (QED) is 0.938. The third-order valence-electron chi connectivity index (χ3n) is 2.70. The predicted molar refractivity (Wildman–Crippen MR) is 71.4 cm³/mol. The van der Waals surface area contributed by atoms with Gasteiger partial charge in [-0.05, 0) is 18.1 Å². The zero-order valence-corrected chi connectivity index (χ0v) is 11.4. The van der Waals surface area contributed by atoms with E-state index in [-0.39, 0.29) is 6.04 Å². The van der Waals surface area contributed by atoms with Crippen LogP contribution in [-0.4, -0.2) is 5.16 Å². The molecule has 17 heavy (non-hydrogen) atoms. The molecule has 0 amide bonds. The predicted octanol–water partition coefficient (Wildman–Crippen LogP) is 3.76. The van der Waals surface area contributed by atoms with Crippen LogP contribution in [0.1, 0.15) is 25.6 Å². The lowest BCUT2D eigenvalue weighted by molar-refractivity contribution is 0.333. The van der Waals surface area contributed by atoms with Gasteiger partial charge in [0.15, 0.2) is 5.76 Å². The van der Waals surface area contributed by atoms with Crippen LogP contribution in [0.15, 0.2) is 39.3 Å². The number of hydrogen-bond donors (Lipinski definition) is 1. The highest BCUT2D eigenvalue weighted by atomic mass is 79.9. The summed E-state index contributed by atoms with van der Waals surface area (Å²) in [5.74, 6) is 1.06. The number of aromatic nitrogens is 1. The second kappa shape index (κ2) is 5.02. The molecule has 1 aromatic carbocycles. The Morgan fingerprint density at radius 3 is 2.71 bits per heavy atom. The minimum atomic E-state index is -0.108. The fourth-order valence-electron chi connectivity index (χ4n) is 1.56. The number of hydrogen-bond acceptors (Lipinski definition) is 3. The monoisotopic (exact) mass is 294 g/mol. The first-order chi connectivity index (χ1) is 8.08. The molecule has 0 aliphatic heterocycles. The minimum Gasteiger partial charge on any atom is -0.359 e. The average Bonchev–Trinajstić information content (AvgIpc) is 2.77. The smallest absolute Gasteiger partial charge is 0.154 e. The van der Waals surface area contributed by atoms with Gasteiger partial charge in [-0.25, -0.2) is 0 Å². The van der Waals surface area contributed by atoms with Gasteiger partial charge in [-0.15, -0.1) is 0 Å². The first kappa shape index (κ1) is 12.3. The normalized spacial score (nSPS) is 13.0. The summed E-state index contributed by atoms with van der Waals surface area (Å²) in [7, 11) is 0. The highest BCUT2D eigenvalue weighted by Crippen LogP contribution is 2.26. The van der Waals surface area contributed by atoms with Crippen molar-refractivity contribution in [1.82, 2.24) is 5.16 Å². The fraction of sp³-hybridized carbons (Fsp3) is 0.308. The maximum absolute atomic E-state index is 6.02. The Bertz CT molecular complexity index is 508. The molecule has 1 heterocycles. The van der Waals surface area contributed by atoms with Crippen LogP contribution in [0, 0.1) is 5.92 Å². The molecule has 4 heteroatoms. The summed E-state index contributed by atoms with van der Waals surface area (Å²) >= 11 is 3.44. The van der Waals surface area contributed by atoms with Gasteiger partial charge in [0.05, 0.1) is 6.04 Å². The molecule has 2 N–H and O–H groups in total. The fourth-order valence-corrected chi connectivity index (χ4v) is 1.96. The van der Waals surface area contributed by atoms with Crippen molar-refractivity contribution in [3.05, 3.63) is 40.6 Å². The molecule has 2 aromatic rings. The lowest BCUT2D eigenvalue weighted by Gasteiger charge is -2.10. The van der Waals surface area contributed by atoms with Gasteiger partial charge in [0, 0.05) is 16.1 Å². The molecule has 1 unspecified atom stereocenters. The van der Waals surface area contributed by atoms with Crippen LogP contribution in [0.4, 0.5) is 0 Å². The Labute approximate surface area is 109 Å². The van der Waals surface area contributed by atoms with E-state index < -0.39 is 0 Å². The highest BCUT2D eigenvalue weighted by molar-refractivity contribution is 9.10. The Morgan fingerprint density at radius 2 is 2.06 bits per heavy atom. The zero-order valence-electron chi connectivity index (χ0n) is 9.85. The van der Waals surface area contributed by atoms with Crippen molar-refractivity contribution in [3.63, 3.8) is 0 Å². The second-order valence-corrected chi connectivity index (χ2v) is 5.31. The topological polar surface area (TPSA) is 52.0 Å². The summed E-state index contributed by atoms with van der Waals surface area (Å²) in [6, 6.07) is 9.74. The first-order valence-electron chi connectivity index (χ1n) is 5.56. The van der Waals surface area contributed by atoms with Gasteiger partial charge in [-0.2, -0.15) is 0 Å². The van der Waals surface area contributed by atoms with Crippen LogP contribution in [0.3, 0.4) is 0 Å². The molecule has 0 saturated heterocycles. The third-order valence-corrected chi connectivity index (χ3v) is 3.19. The summed E-state index contributed by atoms with van der Waals surface area (Å²) in [6.07, 6.45) is 0. The first-order valence-corrected chi connectivity index (χ1v) is 6.35. The van der Waals surface area contributed by atoms with Crippen LogP contribution in [0.2, 0.25) is 0 Å². The molecule has 0 saturated carbocycles. The Kier molecular flexibility index (Phi) is 3.64. The van der Waals surface area contributed by atoms with Gasteiger partial charge in [0.2, 0.25) is 0 Å². The number of halogens is 1. The Hall–Kier alpha value is -1.13. The Balaban J connectivity index is 2.30. The van der Waals surface area contributed by atoms with Crippen molar-refractivity contribution in [3.8, 4) is 11.3 Å². The van der Waals surface area contributed by atoms with Gasteiger partial charge >= 0.3 is 0 Å². The van der Waals surface area contributed by atoms with E-state index in [1.807, 2.05) is 30.3 Å². The number of nitrogens with two attached hydrogens (primary N) is 1. The van der Waals surface area contributed by atoms with E-state index in [9.17, 15) is 0 Å². The van der Waals surface area contributed by atoms with E-state index in [4.69, 9.17) is 10.3 Å². The van der Waals surface area contributed by atoms with Gasteiger partial charge in [0.25, 0.3) is 0 Å². The Morgan fingerprint density at radius 1 is 1.29 bits per heavy atom. The number of benzene rings is 1. The largest absolute Gasteiger partial charge is 0.359 e. The van der Waals surface area contributed by atoms with Crippen LogP contribution in [-0.2, 0) is 0 Å². The number of nitrogens with zero attached hydrogens (tertiary/aromatic N) is 1. The highest BCUT2D eigenvalue weighted by Gasteiger charge is 2.16. The van der Waals surface area contributed by atoms with Crippen molar-refractivity contribution in [2.24, 2.45) is 11.7 Å². The number of rotatable bonds is 3. The summed E-state index contributed by atoms with van der Waals surface area (Å²) in [5.41, 5.74) is 7.85. The van der Waals surface area contributed by atoms with Gasteiger partial charge in [-0.3, -0.25) is 0 Å². The van der Waals surface area contributed by atoms with E-state index in [2.05, 4.69) is 34.9 Å². The molecular formula is C13H15BrN2O. The van der Waals surface area contributed by atoms with E-state index in [1.54, 1.807) is 0 Å². The van der Waals surface area contributed by atoms with Crippen molar-refractivity contribution in [1.29, 1.82) is 0 Å². The molecule has 0 aliphatic rings. The van der Waals surface area contributed by atoms with Gasteiger partial charge in [0.1, 0.15) is 5.69 Å². The van der Waals surface area contributed by atoms with Crippen molar-refractivity contribution in [2.75, 3.05) is 0 Å². The SMILES string of the molecule is CC(C)C(N)c1cc(-c2cccc(Br)c2)no1. The molecule has 0 spiro atoms. The minimum absolute atomic E-state index is 0.108. The van der Waals surface area contributed by atoms with Crippen LogP contribution >= 0.6 is 15.9 Å². The summed E-state index contributed by atoms with van der Waals surface area (Å²) in [5, 5.41) is 4.06. The second-order valence-electron chi connectivity index (χ2n) is 4.39. The molecule has 2 rings (SSSR count). The van der Waals surface area contributed by atoms with Crippen molar-refractivity contribution < 1.29 is 4.52 Å². The molecule has 0 fully saturated rings. The molecule has 3 nitrogen and oxygen atoms in total. The van der Waals surface area contributed by atoms with Crippen LogP contribution in [0.25, 0.3) is 11.3 Å². The van der Waals surface area contributed by atoms with Gasteiger partial charge in [-0.1, -0.05) is 47.1 Å².